The topological polar surface area (TPSA) is 84.2 Å². The summed E-state index contributed by atoms with van der Waals surface area (Å²) in [5.41, 5.74) is 0.619. The largest absolute Gasteiger partial charge is 0.459 e. The molecule has 2 N–H and O–H groups in total. The number of carbonyl (C=O) groups excluding carboxylic acids is 2. The van der Waals surface area contributed by atoms with Gasteiger partial charge in [0.25, 0.3) is 5.91 Å². The molecule has 6 nitrogen and oxygen atoms in total. The minimum atomic E-state index is -0.362. The molecule has 8 heteroatoms. The number of benzene rings is 1. The molecule has 1 unspecified atom stereocenters. The van der Waals surface area contributed by atoms with E-state index < -0.39 is 0 Å². The smallest absolute Gasteiger partial charge is 0.291 e. The average molecular weight is 402 g/mol. The number of pyridine rings is 1. The van der Waals surface area contributed by atoms with E-state index in [1.165, 1.54) is 24.2 Å². The Bertz CT molecular complexity index is 930. The quantitative estimate of drug-likeness (QED) is 0.585. The summed E-state index contributed by atoms with van der Waals surface area (Å²) in [4.78, 5) is 29.3. The van der Waals surface area contributed by atoms with Crippen LogP contribution in [0.15, 0.2) is 70.3 Å². The molecule has 0 bridgehead atoms. The maximum Gasteiger partial charge on any atom is 0.291 e. The maximum absolute atomic E-state index is 12.3. The molecule has 1 aromatic carbocycles. The van der Waals surface area contributed by atoms with E-state index in [0.717, 1.165) is 4.90 Å². The lowest BCUT2D eigenvalue weighted by Crippen LogP contribution is -2.22. The van der Waals surface area contributed by atoms with Crippen LogP contribution >= 0.6 is 23.4 Å². The number of furan rings is 1. The zero-order valence-corrected chi connectivity index (χ0v) is 15.9. The maximum atomic E-state index is 12.3. The first-order valence-corrected chi connectivity index (χ1v) is 9.31. The monoisotopic (exact) mass is 401 g/mol. The van der Waals surface area contributed by atoms with Crippen molar-refractivity contribution in [1.29, 1.82) is 0 Å². The molecule has 0 fully saturated rings. The molecular formula is C19H16ClN3O3S. The summed E-state index contributed by atoms with van der Waals surface area (Å²) in [6.45, 7) is 1.80. The SMILES string of the molecule is CC(Sc1cccc(NC(=O)c2ccco2)c1)C(=O)Nc1ccc(Cl)cn1. The van der Waals surface area contributed by atoms with Gasteiger partial charge in [-0.05, 0) is 49.4 Å². The molecule has 27 heavy (non-hydrogen) atoms. The van der Waals surface area contributed by atoms with Crippen LogP contribution < -0.4 is 10.6 Å². The van der Waals surface area contributed by atoms with Crippen LogP contribution in [0.4, 0.5) is 11.5 Å². The summed E-state index contributed by atoms with van der Waals surface area (Å²) in [5, 5.41) is 5.65. The number of hydrogen-bond acceptors (Lipinski definition) is 5. The highest BCUT2D eigenvalue weighted by molar-refractivity contribution is 8.00. The fraction of sp³-hybridized carbons (Fsp3) is 0.105. The molecule has 0 saturated heterocycles. The first kappa shape index (κ1) is 19.0. The third-order valence-electron chi connectivity index (χ3n) is 3.50. The summed E-state index contributed by atoms with van der Waals surface area (Å²) in [5.74, 6) is 0.161. The summed E-state index contributed by atoms with van der Waals surface area (Å²) in [6, 6.07) is 13.8. The van der Waals surface area contributed by atoms with Crippen LogP contribution in [-0.2, 0) is 4.79 Å². The van der Waals surface area contributed by atoms with E-state index >= 15 is 0 Å². The van der Waals surface area contributed by atoms with E-state index in [1.54, 1.807) is 43.3 Å². The number of thioether (sulfide) groups is 1. The van der Waals surface area contributed by atoms with Crippen molar-refractivity contribution in [3.8, 4) is 0 Å². The predicted molar refractivity (Wildman–Crippen MR) is 106 cm³/mol. The van der Waals surface area contributed by atoms with Gasteiger partial charge in [-0.25, -0.2) is 4.98 Å². The van der Waals surface area contributed by atoms with Gasteiger partial charge in [0.15, 0.2) is 5.76 Å². The summed E-state index contributed by atoms with van der Waals surface area (Å²) in [6.07, 6.45) is 2.91. The van der Waals surface area contributed by atoms with Gasteiger partial charge >= 0.3 is 0 Å². The van der Waals surface area contributed by atoms with Crippen molar-refractivity contribution < 1.29 is 14.0 Å². The first-order chi connectivity index (χ1) is 13.0. The van der Waals surface area contributed by atoms with E-state index in [9.17, 15) is 9.59 Å². The lowest BCUT2D eigenvalue weighted by molar-refractivity contribution is -0.115. The van der Waals surface area contributed by atoms with Crippen LogP contribution in [0.5, 0.6) is 0 Å². The Kier molecular flexibility index (Phi) is 6.16. The van der Waals surface area contributed by atoms with Gasteiger partial charge < -0.3 is 15.1 Å². The second kappa shape index (κ2) is 8.75. The van der Waals surface area contributed by atoms with E-state index in [0.29, 0.717) is 16.5 Å². The van der Waals surface area contributed by atoms with Crippen LogP contribution in [0, 0.1) is 0 Å². The summed E-state index contributed by atoms with van der Waals surface area (Å²) in [7, 11) is 0. The lowest BCUT2D eigenvalue weighted by atomic mass is 10.3. The van der Waals surface area contributed by atoms with E-state index in [4.69, 9.17) is 16.0 Å². The molecule has 0 spiro atoms. The van der Waals surface area contributed by atoms with E-state index in [1.807, 2.05) is 12.1 Å². The fourth-order valence-corrected chi connectivity index (χ4v) is 3.22. The molecule has 1 atom stereocenters. The van der Waals surface area contributed by atoms with Gasteiger partial charge in [0, 0.05) is 16.8 Å². The number of aromatic nitrogens is 1. The molecule has 0 aliphatic rings. The number of hydrogen-bond donors (Lipinski definition) is 2. The van der Waals surface area contributed by atoms with Crippen molar-refractivity contribution in [2.45, 2.75) is 17.1 Å². The highest BCUT2D eigenvalue weighted by Crippen LogP contribution is 2.27. The standard InChI is InChI=1S/C19H16ClN3O3S/c1-12(18(24)23-17-8-7-13(20)11-21-17)27-15-5-2-4-14(10-15)22-19(25)16-6-3-9-26-16/h2-12H,1H3,(H,22,25)(H,21,23,24). The van der Waals surface area contributed by atoms with Gasteiger partial charge in [0.2, 0.25) is 5.91 Å². The van der Waals surface area contributed by atoms with Gasteiger partial charge in [0.05, 0.1) is 16.5 Å². The molecule has 0 aliphatic carbocycles. The second-order valence-electron chi connectivity index (χ2n) is 5.57. The van der Waals surface area contributed by atoms with Crippen LogP contribution in [-0.4, -0.2) is 22.0 Å². The van der Waals surface area contributed by atoms with Crippen molar-refractivity contribution in [2.75, 3.05) is 10.6 Å². The minimum absolute atomic E-state index is 0.181. The number of amides is 2. The molecule has 2 amide bonds. The van der Waals surface area contributed by atoms with E-state index in [-0.39, 0.29) is 22.8 Å². The molecule has 2 heterocycles. The Morgan fingerprint density at radius 3 is 2.70 bits per heavy atom. The predicted octanol–water partition coefficient (Wildman–Crippen LogP) is 4.70. The van der Waals surface area contributed by atoms with E-state index in [2.05, 4.69) is 15.6 Å². The number of anilines is 2. The Hall–Kier alpha value is -2.77. The molecule has 0 aliphatic heterocycles. The number of rotatable bonds is 6. The second-order valence-corrected chi connectivity index (χ2v) is 7.42. The van der Waals surface area contributed by atoms with Crippen LogP contribution in [0.1, 0.15) is 17.5 Å². The third kappa shape index (κ3) is 5.35. The summed E-state index contributed by atoms with van der Waals surface area (Å²) >= 11 is 7.16. The van der Waals surface area contributed by atoms with Gasteiger partial charge in [-0.15, -0.1) is 11.8 Å². The summed E-state index contributed by atoms with van der Waals surface area (Å²) < 4.78 is 5.07. The zero-order chi connectivity index (χ0) is 19.2. The van der Waals surface area contributed by atoms with Gasteiger partial charge in [-0.2, -0.15) is 0 Å². The number of nitrogens with one attached hydrogen (secondary N) is 2. The molecule has 0 saturated carbocycles. The molecule has 3 aromatic rings. The van der Waals surface area contributed by atoms with Gasteiger partial charge in [0.1, 0.15) is 5.82 Å². The van der Waals surface area contributed by atoms with Crippen molar-refractivity contribution in [3.05, 3.63) is 71.8 Å². The Balaban J connectivity index is 1.60. The van der Waals surface area contributed by atoms with Crippen LogP contribution in [0.3, 0.4) is 0 Å². The zero-order valence-electron chi connectivity index (χ0n) is 14.3. The Labute approximate surface area is 165 Å². The van der Waals surface area contributed by atoms with Crippen LogP contribution in [0.25, 0.3) is 0 Å². The molecule has 0 radical (unpaired) electrons. The van der Waals surface area contributed by atoms with Crippen molar-refractivity contribution in [2.24, 2.45) is 0 Å². The van der Waals surface area contributed by atoms with Gasteiger partial charge in [-0.1, -0.05) is 17.7 Å². The molecule has 2 aromatic heterocycles. The number of nitrogens with zero attached hydrogens (tertiary/aromatic N) is 1. The fourth-order valence-electron chi connectivity index (χ4n) is 2.18. The minimum Gasteiger partial charge on any atom is -0.459 e. The molecule has 138 valence electrons. The van der Waals surface area contributed by atoms with Gasteiger partial charge in [-0.3, -0.25) is 9.59 Å². The molecule has 3 rings (SSSR count). The van der Waals surface area contributed by atoms with Crippen molar-refractivity contribution in [3.63, 3.8) is 0 Å². The number of carbonyl (C=O) groups is 2. The normalized spacial score (nSPS) is 11.6. The number of halogens is 1. The molecular weight excluding hydrogens is 386 g/mol. The lowest BCUT2D eigenvalue weighted by Gasteiger charge is -2.12. The van der Waals surface area contributed by atoms with Crippen molar-refractivity contribution >= 4 is 46.7 Å². The Morgan fingerprint density at radius 2 is 2.00 bits per heavy atom. The average Bonchev–Trinajstić information content (AvgIpc) is 3.19. The van der Waals surface area contributed by atoms with Crippen molar-refractivity contribution in [1.82, 2.24) is 4.98 Å². The van der Waals surface area contributed by atoms with Crippen LogP contribution in [0.2, 0.25) is 5.02 Å². The first-order valence-electron chi connectivity index (χ1n) is 8.05. The third-order valence-corrected chi connectivity index (χ3v) is 4.81. The highest BCUT2D eigenvalue weighted by atomic mass is 35.5. The Morgan fingerprint density at radius 1 is 1.15 bits per heavy atom. The highest BCUT2D eigenvalue weighted by Gasteiger charge is 2.16.